The molecular formula is C15H25ClN6O. The van der Waals surface area contributed by atoms with Gasteiger partial charge in [-0.05, 0) is 26.0 Å². The molecule has 1 aliphatic rings. The highest BCUT2D eigenvalue weighted by Gasteiger charge is 2.26. The minimum absolute atomic E-state index is 0. The molecule has 0 aliphatic carbocycles. The first-order valence-electron chi connectivity index (χ1n) is 7.92. The molecule has 0 saturated carbocycles. The highest BCUT2D eigenvalue weighted by atomic mass is 35.5. The lowest BCUT2D eigenvalue weighted by atomic mass is 10.1. The predicted molar refractivity (Wildman–Crippen MR) is 90.8 cm³/mol. The molecule has 1 saturated heterocycles. The van der Waals surface area contributed by atoms with E-state index in [1.54, 1.807) is 0 Å². The van der Waals surface area contributed by atoms with Gasteiger partial charge in [0.05, 0.1) is 11.7 Å². The lowest BCUT2D eigenvalue weighted by Gasteiger charge is -2.30. The Balaban J connectivity index is 0.00000192. The molecule has 3 rings (SSSR count). The van der Waals surface area contributed by atoms with Gasteiger partial charge in [-0.2, -0.15) is 10.1 Å². The maximum atomic E-state index is 5.51. The first-order chi connectivity index (χ1) is 10.6. The van der Waals surface area contributed by atoms with Crippen LogP contribution in [0.3, 0.4) is 0 Å². The van der Waals surface area contributed by atoms with Gasteiger partial charge in [0, 0.05) is 26.2 Å². The second-order valence-corrected chi connectivity index (χ2v) is 6.08. The van der Waals surface area contributed by atoms with Crippen molar-refractivity contribution >= 4 is 12.4 Å². The van der Waals surface area contributed by atoms with Crippen LogP contribution in [0.5, 0.6) is 0 Å². The number of likely N-dealkylation sites (N-methyl/N-ethyl adjacent to an activating group) is 1. The van der Waals surface area contributed by atoms with Crippen molar-refractivity contribution in [2.45, 2.75) is 39.3 Å². The van der Waals surface area contributed by atoms with E-state index in [-0.39, 0.29) is 18.4 Å². The predicted octanol–water partition coefficient (Wildman–Crippen LogP) is 2.07. The molecule has 0 radical (unpaired) electrons. The van der Waals surface area contributed by atoms with Crippen LogP contribution in [0.15, 0.2) is 10.6 Å². The molecular weight excluding hydrogens is 316 g/mol. The number of nitrogens with zero attached hydrogens (tertiary/aromatic N) is 5. The summed E-state index contributed by atoms with van der Waals surface area (Å²) >= 11 is 0. The molecule has 0 bridgehead atoms. The summed E-state index contributed by atoms with van der Waals surface area (Å²) in [6, 6.07) is 2.21. The summed E-state index contributed by atoms with van der Waals surface area (Å²) in [4.78, 5) is 6.87. The average Bonchev–Trinajstić information content (AvgIpc) is 3.14. The summed E-state index contributed by atoms with van der Waals surface area (Å²) in [6.07, 6.45) is 0. The number of piperazine rings is 1. The summed E-state index contributed by atoms with van der Waals surface area (Å²) in [5.41, 5.74) is 1.95. The molecule has 1 aliphatic heterocycles. The van der Waals surface area contributed by atoms with Crippen molar-refractivity contribution < 1.29 is 4.52 Å². The summed E-state index contributed by atoms with van der Waals surface area (Å²) in [5, 5.41) is 12.2. The van der Waals surface area contributed by atoms with E-state index in [1.807, 2.05) is 10.7 Å². The van der Waals surface area contributed by atoms with Crippen molar-refractivity contribution in [1.82, 2.24) is 30.1 Å². The Labute approximate surface area is 142 Å². The molecule has 7 nitrogen and oxygen atoms in total. The largest absolute Gasteiger partial charge is 0.332 e. The van der Waals surface area contributed by atoms with Crippen molar-refractivity contribution in [2.75, 3.05) is 26.7 Å². The van der Waals surface area contributed by atoms with Crippen LogP contribution in [-0.4, -0.2) is 51.5 Å². The maximum Gasteiger partial charge on any atom is 0.276 e. The van der Waals surface area contributed by atoms with E-state index in [2.05, 4.69) is 53.3 Å². The average molecular weight is 341 g/mol. The zero-order valence-electron chi connectivity index (χ0n) is 14.1. The summed E-state index contributed by atoms with van der Waals surface area (Å²) in [6.45, 7) is 9.94. The van der Waals surface area contributed by atoms with Gasteiger partial charge < -0.3 is 9.84 Å². The number of aromatic nitrogens is 4. The summed E-state index contributed by atoms with van der Waals surface area (Å²) < 4.78 is 7.44. The molecule has 2 aromatic heterocycles. The van der Waals surface area contributed by atoms with Gasteiger partial charge in [-0.25, -0.2) is 0 Å². The Morgan fingerprint density at radius 2 is 2.22 bits per heavy atom. The zero-order chi connectivity index (χ0) is 15.7. The van der Waals surface area contributed by atoms with Gasteiger partial charge >= 0.3 is 0 Å². The molecule has 1 fully saturated rings. The number of aryl methyl sites for hydroxylation is 1. The first-order valence-corrected chi connectivity index (χ1v) is 7.92. The molecule has 0 amide bonds. The molecule has 0 aromatic carbocycles. The second-order valence-electron chi connectivity index (χ2n) is 6.08. The van der Waals surface area contributed by atoms with Gasteiger partial charge in [-0.1, -0.05) is 19.0 Å². The SMILES string of the molecule is CCn1nc(C(C)C)cc1-c1nc(C2CNCCN2C)no1.Cl. The second kappa shape index (κ2) is 7.42. The van der Waals surface area contributed by atoms with Crippen LogP contribution < -0.4 is 5.32 Å². The van der Waals surface area contributed by atoms with Gasteiger partial charge in [-0.3, -0.25) is 9.58 Å². The minimum atomic E-state index is 0. The van der Waals surface area contributed by atoms with Crippen LogP contribution in [0.2, 0.25) is 0 Å². The van der Waals surface area contributed by atoms with Crippen LogP contribution in [0.25, 0.3) is 11.6 Å². The van der Waals surface area contributed by atoms with E-state index in [1.165, 1.54) is 0 Å². The fraction of sp³-hybridized carbons (Fsp3) is 0.667. The van der Waals surface area contributed by atoms with Crippen molar-refractivity contribution in [2.24, 2.45) is 0 Å². The highest BCUT2D eigenvalue weighted by Crippen LogP contribution is 2.25. The molecule has 128 valence electrons. The minimum Gasteiger partial charge on any atom is -0.332 e. The van der Waals surface area contributed by atoms with Crippen molar-refractivity contribution in [3.63, 3.8) is 0 Å². The van der Waals surface area contributed by atoms with E-state index in [9.17, 15) is 0 Å². The number of halogens is 1. The lowest BCUT2D eigenvalue weighted by molar-refractivity contribution is 0.190. The van der Waals surface area contributed by atoms with Gasteiger partial charge in [-0.15, -0.1) is 12.4 Å². The van der Waals surface area contributed by atoms with Crippen LogP contribution in [0, 0.1) is 0 Å². The molecule has 0 spiro atoms. The monoisotopic (exact) mass is 340 g/mol. The third kappa shape index (κ3) is 3.57. The van der Waals surface area contributed by atoms with E-state index in [0.717, 1.165) is 43.4 Å². The number of hydrogen-bond acceptors (Lipinski definition) is 6. The zero-order valence-corrected chi connectivity index (χ0v) is 14.9. The number of rotatable bonds is 4. The molecule has 1 atom stereocenters. The normalized spacial score (nSPS) is 19.1. The Morgan fingerprint density at radius 1 is 1.43 bits per heavy atom. The molecule has 3 heterocycles. The fourth-order valence-corrected chi connectivity index (χ4v) is 2.70. The topological polar surface area (TPSA) is 72.0 Å². The Kier molecular flexibility index (Phi) is 5.78. The molecule has 8 heteroatoms. The van der Waals surface area contributed by atoms with Gasteiger partial charge in [0.15, 0.2) is 5.82 Å². The molecule has 1 N–H and O–H groups in total. The van der Waals surface area contributed by atoms with Crippen LogP contribution in [0.4, 0.5) is 0 Å². The summed E-state index contributed by atoms with van der Waals surface area (Å²) in [5.74, 6) is 1.66. The third-order valence-electron chi connectivity index (χ3n) is 4.16. The van der Waals surface area contributed by atoms with Crippen molar-refractivity contribution in [1.29, 1.82) is 0 Å². The summed E-state index contributed by atoms with van der Waals surface area (Å²) in [7, 11) is 2.09. The quantitative estimate of drug-likeness (QED) is 0.918. The van der Waals surface area contributed by atoms with Crippen molar-refractivity contribution in [3.8, 4) is 11.6 Å². The standard InChI is InChI=1S/C15H24N6O.ClH/c1-5-21-12(8-11(18-21)10(2)3)15-17-14(19-22-15)13-9-16-6-7-20(13)4;/h8,10,13,16H,5-7,9H2,1-4H3;1H. The highest BCUT2D eigenvalue weighted by molar-refractivity contribution is 5.85. The molecule has 2 aromatic rings. The van der Waals surface area contributed by atoms with Crippen LogP contribution in [-0.2, 0) is 6.54 Å². The Bertz CT molecular complexity index is 638. The van der Waals surface area contributed by atoms with Crippen LogP contribution >= 0.6 is 12.4 Å². The van der Waals surface area contributed by atoms with Gasteiger partial charge in [0.2, 0.25) is 0 Å². The van der Waals surface area contributed by atoms with E-state index in [0.29, 0.717) is 11.8 Å². The fourth-order valence-electron chi connectivity index (χ4n) is 2.70. The Morgan fingerprint density at radius 3 is 2.87 bits per heavy atom. The van der Waals surface area contributed by atoms with Crippen molar-refractivity contribution in [3.05, 3.63) is 17.6 Å². The number of hydrogen-bond donors (Lipinski definition) is 1. The van der Waals surface area contributed by atoms with Gasteiger partial charge in [0.1, 0.15) is 5.69 Å². The van der Waals surface area contributed by atoms with Crippen LogP contribution in [0.1, 0.15) is 44.2 Å². The smallest absolute Gasteiger partial charge is 0.276 e. The Hall–Kier alpha value is -1.44. The van der Waals surface area contributed by atoms with Gasteiger partial charge in [0.25, 0.3) is 5.89 Å². The third-order valence-corrected chi connectivity index (χ3v) is 4.16. The van der Waals surface area contributed by atoms with E-state index < -0.39 is 0 Å². The number of nitrogens with one attached hydrogen (secondary N) is 1. The molecule has 1 unspecified atom stereocenters. The van der Waals surface area contributed by atoms with E-state index in [4.69, 9.17) is 4.52 Å². The lowest BCUT2D eigenvalue weighted by Crippen LogP contribution is -2.44. The van der Waals surface area contributed by atoms with E-state index >= 15 is 0 Å². The molecule has 23 heavy (non-hydrogen) atoms. The first kappa shape index (κ1) is 17.9. The maximum absolute atomic E-state index is 5.51.